The van der Waals surface area contributed by atoms with E-state index in [0.717, 1.165) is 18.8 Å². The zero-order valence-electron chi connectivity index (χ0n) is 10.0. The van der Waals surface area contributed by atoms with Crippen molar-refractivity contribution in [3.05, 3.63) is 12.2 Å². The van der Waals surface area contributed by atoms with Crippen LogP contribution in [0.2, 0.25) is 0 Å². The Kier molecular flexibility index (Phi) is 3.38. The molecular weight excluding hydrogens is 218 g/mol. The Hall–Kier alpha value is -0.940. The molecular formula is C12H19N3O2. The molecule has 0 aromatic carbocycles. The topological polar surface area (TPSA) is 51.4 Å². The Morgan fingerprint density at radius 3 is 2.76 bits per heavy atom. The maximum absolute atomic E-state index is 5.77. The number of rotatable bonds is 5. The van der Waals surface area contributed by atoms with E-state index in [-0.39, 0.29) is 0 Å². The molecule has 0 bridgehead atoms. The molecule has 0 atom stereocenters. The van der Waals surface area contributed by atoms with E-state index < -0.39 is 0 Å². The first kappa shape index (κ1) is 11.2. The molecule has 5 nitrogen and oxygen atoms in total. The number of nitrogens with zero attached hydrogens (tertiary/aromatic N) is 3. The van der Waals surface area contributed by atoms with Gasteiger partial charge in [0.15, 0.2) is 6.33 Å². The Bertz CT molecular complexity index is 330. The summed E-state index contributed by atoms with van der Waals surface area (Å²) in [6.45, 7) is 4.10. The zero-order chi connectivity index (χ0) is 11.5. The zero-order valence-corrected chi connectivity index (χ0v) is 10.0. The van der Waals surface area contributed by atoms with E-state index in [4.69, 9.17) is 9.26 Å². The molecule has 1 aromatic heterocycles. The highest BCUT2D eigenvalue weighted by atomic mass is 16.5. The van der Waals surface area contributed by atoms with Crippen molar-refractivity contribution in [2.24, 2.45) is 5.92 Å². The van der Waals surface area contributed by atoms with Crippen molar-refractivity contribution in [2.45, 2.75) is 38.4 Å². The molecule has 0 unspecified atom stereocenters. The quantitative estimate of drug-likeness (QED) is 0.776. The molecule has 3 rings (SSSR count). The minimum absolute atomic E-state index is 0.359. The first-order chi connectivity index (χ1) is 8.40. The monoisotopic (exact) mass is 237 g/mol. The van der Waals surface area contributed by atoms with Gasteiger partial charge in [-0.25, -0.2) is 0 Å². The summed E-state index contributed by atoms with van der Waals surface area (Å²) in [6, 6.07) is 0. The van der Waals surface area contributed by atoms with Crippen molar-refractivity contribution in [2.75, 3.05) is 19.6 Å². The van der Waals surface area contributed by atoms with E-state index in [1.165, 1.54) is 38.8 Å². The lowest BCUT2D eigenvalue weighted by atomic mass is 10.1. The molecule has 0 spiro atoms. The lowest BCUT2D eigenvalue weighted by Crippen LogP contribution is -2.38. The molecule has 1 saturated carbocycles. The van der Waals surface area contributed by atoms with E-state index in [1.807, 2.05) is 0 Å². The molecule has 1 saturated heterocycles. The average molecular weight is 237 g/mol. The van der Waals surface area contributed by atoms with Crippen LogP contribution < -0.4 is 0 Å². The second-order valence-corrected chi connectivity index (χ2v) is 5.09. The van der Waals surface area contributed by atoms with Crippen LogP contribution in [0.15, 0.2) is 10.9 Å². The van der Waals surface area contributed by atoms with Gasteiger partial charge in [0, 0.05) is 19.6 Å². The molecule has 0 radical (unpaired) electrons. The summed E-state index contributed by atoms with van der Waals surface area (Å²) in [5.41, 5.74) is 0. The van der Waals surface area contributed by atoms with Crippen LogP contribution in [0.4, 0.5) is 0 Å². The Morgan fingerprint density at radius 1 is 1.29 bits per heavy atom. The highest BCUT2D eigenvalue weighted by Gasteiger charge is 2.27. The SMILES string of the molecule is c1noc(COC2CCN(CC3CC3)CC2)n1. The first-order valence-electron chi connectivity index (χ1n) is 6.49. The largest absolute Gasteiger partial charge is 0.368 e. The van der Waals surface area contributed by atoms with Crippen molar-refractivity contribution >= 4 is 0 Å². The van der Waals surface area contributed by atoms with Gasteiger partial charge in [0.05, 0.1) is 6.10 Å². The maximum Gasteiger partial charge on any atom is 0.252 e. The first-order valence-corrected chi connectivity index (χ1v) is 6.49. The Morgan fingerprint density at radius 2 is 2.12 bits per heavy atom. The molecule has 2 fully saturated rings. The van der Waals surface area contributed by atoms with Crippen LogP contribution in [-0.4, -0.2) is 40.8 Å². The predicted octanol–water partition coefficient (Wildman–Crippen LogP) is 1.46. The molecule has 1 aromatic rings. The highest BCUT2D eigenvalue weighted by molar-refractivity contribution is 4.81. The van der Waals surface area contributed by atoms with Gasteiger partial charge in [-0.2, -0.15) is 4.98 Å². The number of likely N-dealkylation sites (tertiary alicyclic amines) is 1. The summed E-state index contributed by atoms with van der Waals surface area (Å²) in [7, 11) is 0. The van der Waals surface area contributed by atoms with Gasteiger partial charge in [-0.1, -0.05) is 5.16 Å². The summed E-state index contributed by atoms with van der Waals surface area (Å²) in [5, 5.41) is 3.56. The second-order valence-electron chi connectivity index (χ2n) is 5.09. The molecule has 17 heavy (non-hydrogen) atoms. The predicted molar refractivity (Wildman–Crippen MR) is 61.3 cm³/mol. The van der Waals surface area contributed by atoms with Gasteiger partial charge < -0.3 is 14.2 Å². The van der Waals surface area contributed by atoms with Gasteiger partial charge in [0.1, 0.15) is 6.61 Å². The molecule has 1 aliphatic heterocycles. The van der Waals surface area contributed by atoms with Crippen LogP contribution in [0, 0.1) is 5.92 Å². The van der Waals surface area contributed by atoms with E-state index in [2.05, 4.69) is 15.0 Å². The van der Waals surface area contributed by atoms with Crippen LogP contribution in [0.5, 0.6) is 0 Å². The van der Waals surface area contributed by atoms with Crippen molar-refractivity contribution in [3.63, 3.8) is 0 Å². The van der Waals surface area contributed by atoms with E-state index in [0.29, 0.717) is 18.6 Å². The molecule has 0 N–H and O–H groups in total. The lowest BCUT2D eigenvalue weighted by molar-refractivity contribution is -0.0129. The maximum atomic E-state index is 5.77. The van der Waals surface area contributed by atoms with Crippen LogP contribution in [-0.2, 0) is 11.3 Å². The van der Waals surface area contributed by atoms with Gasteiger partial charge in [0.25, 0.3) is 5.89 Å². The van der Waals surface area contributed by atoms with Crippen LogP contribution in [0.1, 0.15) is 31.6 Å². The molecule has 0 amide bonds. The van der Waals surface area contributed by atoms with Gasteiger partial charge in [0.2, 0.25) is 0 Å². The Balaban J connectivity index is 1.36. The Labute approximate surface area is 101 Å². The van der Waals surface area contributed by atoms with Crippen molar-refractivity contribution < 1.29 is 9.26 Å². The fraction of sp³-hybridized carbons (Fsp3) is 0.833. The number of hydrogen-bond donors (Lipinski definition) is 0. The second kappa shape index (κ2) is 5.14. The van der Waals surface area contributed by atoms with Crippen LogP contribution >= 0.6 is 0 Å². The number of hydrogen-bond acceptors (Lipinski definition) is 5. The van der Waals surface area contributed by atoms with E-state index in [9.17, 15) is 0 Å². The van der Waals surface area contributed by atoms with Crippen LogP contribution in [0.3, 0.4) is 0 Å². The number of ether oxygens (including phenoxy) is 1. The third kappa shape index (κ3) is 3.26. The summed E-state index contributed by atoms with van der Waals surface area (Å²) >= 11 is 0. The van der Waals surface area contributed by atoms with E-state index in [1.54, 1.807) is 0 Å². The number of aromatic nitrogens is 2. The van der Waals surface area contributed by atoms with Gasteiger partial charge in [-0.15, -0.1) is 0 Å². The smallest absolute Gasteiger partial charge is 0.252 e. The number of piperidine rings is 1. The average Bonchev–Trinajstić information content (AvgIpc) is 3.02. The summed E-state index contributed by atoms with van der Waals surface area (Å²) in [5.74, 6) is 1.57. The van der Waals surface area contributed by atoms with Gasteiger partial charge >= 0.3 is 0 Å². The minimum atomic E-state index is 0.359. The van der Waals surface area contributed by atoms with Gasteiger partial charge in [-0.3, -0.25) is 0 Å². The molecule has 5 heteroatoms. The molecule has 1 aliphatic carbocycles. The lowest BCUT2D eigenvalue weighted by Gasteiger charge is -2.31. The molecule has 94 valence electrons. The van der Waals surface area contributed by atoms with Gasteiger partial charge in [-0.05, 0) is 31.6 Å². The third-order valence-electron chi connectivity index (χ3n) is 3.60. The summed E-state index contributed by atoms with van der Waals surface area (Å²) in [4.78, 5) is 6.52. The molecule has 2 aliphatic rings. The normalized spacial score (nSPS) is 23.1. The van der Waals surface area contributed by atoms with Crippen molar-refractivity contribution in [1.82, 2.24) is 15.0 Å². The van der Waals surface area contributed by atoms with Crippen LogP contribution in [0.25, 0.3) is 0 Å². The summed E-state index contributed by atoms with van der Waals surface area (Å²) < 4.78 is 10.7. The molecule has 2 heterocycles. The highest BCUT2D eigenvalue weighted by Crippen LogP contribution is 2.30. The fourth-order valence-electron chi connectivity index (χ4n) is 2.37. The van der Waals surface area contributed by atoms with Crippen molar-refractivity contribution in [3.8, 4) is 0 Å². The van der Waals surface area contributed by atoms with E-state index >= 15 is 0 Å². The van der Waals surface area contributed by atoms with Crippen molar-refractivity contribution in [1.29, 1.82) is 0 Å². The fourth-order valence-corrected chi connectivity index (χ4v) is 2.37. The minimum Gasteiger partial charge on any atom is -0.368 e. The standard InChI is InChI=1S/C12H19N3O2/c1-2-10(1)7-15-5-3-11(4-6-15)16-8-12-13-9-14-17-12/h9-11H,1-8H2. The third-order valence-corrected chi connectivity index (χ3v) is 3.60. The summed E-state index contributed by atoms with van der Waals surface area (Å²) in [6.07, 6.45) is 6.90.